The Balaban J connectivity index is 2.47. The Kier molecular flexibility index (Phi) is 3.65. The average molecular weight is 414 g/mol. The molecule has 24 heavy (non-hydrogen) atoms. The van der Waals surface area contributed by atoms with Crippen molar-refractivity contribution in [3.05, 3.63) is 59.3 Å². The van der Waals surface area contributed by atoms with Crippen molar-refractivity contribution in [2.75, 3.05) is 5.73 Å². The third-order valence-electron chi connectivity index (χ3n) is 3.41. The van der Waals surface area contributed by atoms with Gasteiger partial charge in [0.15, 0.2) is 0 Å². The molecule has 0 atom stereocenters. The molecule has 9 nitrogen and oxygen atoms in total. The van der Waals surface area contributed by atoms with E-state index in [1.165, 1.54) is 12.1 Å². The number of anilines is 1. The van der Waals surface area contributed by atoms with Crippen LogP contribution in [0.2, 0.25) is 5.02 Å². The molecule has 0 unspecified atom stereocenters. The number of nitrogen functional groups attached to an aromatic ring is 1. The fraction of sp³-hybridized carbons (Fsp3) is 0. The Morgan fingerprint density at radius 3 is 2.54 bits per heavy atom. The Hall–Kier alpha value is -2.72. The summed E-state index contributed by atoms with van der Waals surface area (Å²) in [6.45, 7) is 0. The van der Waals surface area contributed by atoms with E-state index < -0.39 is 33.8 Å². The second-order valence-electron chi connectivity index (χ2n) is 4.76. The van der Waals surface area contributed by atoms with E-state index in [1.807, 2.05) is 5.32 Å². The first-order valence-corrected chi connectivity index (χ1v) is 7.45. The number of nitrogens with one attached hydrogen (secondary N) is 1. The third kappa shape index (κ3) is 2.19. The minimum Gasteiger partial charge on any atom is -0.384 e. The van der Waals surface area contributed by atoms with Gasteiger partial charge in [-0.3, -0.25) is 34.4 Å². The summed E-state index contributed by atoms with van der Waals surface area (Å²) in [7, 11) is 0. The average Bonchev–Trinajstić information content (AvgIpc) is 2.76. The summed E-state index contributed by atoms with van der Waals surface area (Å²) in [5.41, 5.74) is 3.85. The SMILES string of the molecule is Nc1c2c(cc(=O)n1-c1c(Br)ccc(Cl)c1[N+](=O)[O-])C(=O)NC2=O. The van der Waals surface area contributed by atoms with Gasteiger partial charge in [0.25, 0.3) is 17.4 Å². The Bertz CT molecular complexity index is 1020. The van der Waals surface area contributed by atoms with Crippen molar-refractivity contribution >= 4 is 50.9 Å². The number of imide groups is 1. The van der Waals surface area contributed by atoms with E-state index >= 15 is 0 Å². The molecule has 2 heterocycles. The summed E-state index contributed by atoms with van der Waals surface area (Å²) in [5.74, 6) is -1.94. The van der Waals surface area contributed by atoms with Gasteiger partial charge in [0.1, 0.15) is 16.5 Å². The summed E-state index contributed by atoms with van der Waals surface area (Å²) in [6, 6.07) is 3.57. The van der Waals surface area contributed by atoms with Crippen molar-refractivity contribution in [2.45, 2.75) is 0 Å². The molecule has 0 bridgehead atoms. The lowest BCUT2D eigenvalue weighted by atomic mass is 10.1. The number of pyridine rings is 1. The van der Waals surface area contributed by atoms with Gasteiger partial charge in [0.2, 0.25) is 0 Å². The number of nitrogens with zero attached hydrogens (tertiary/aromatic N) is 2. The number of nitro benzene ring substituents is 1. The highest BCUT2D eigenvalue weighted by Crippen LogP contribution is 2.38. The predicted molar refractivity (Wildman–Crippen MR) is 87.6 cm³/mol. The maximum absolute atomic E-state index is 12.4. The molecule has 2 aromatic rings. The van der Waals surface area contributed by atoms with Crippen LogP contribution in [0.5, 0.6) is 0 Å². The summed E-state index contributed by atoms with van der Waals surface area (Å²) in [6.07, 6.45) is 0. The first kappa shape index (κ1) is 16.1. The molecule has 0 fully saturated rings. The van der Waals surface area contributed by atoms with Crippen LogP contribution in [0, 0.1) is 10.1 Å². The number of hydrogen-bond donors (Lipinski definition) is 2. The van der Waals surface area contributed by atoms with E-state index in [-0.39, 0.29) is 26.3 Å². The van der Waals surface area contributed by atoms with Crippen LogP contribution >= 0.6 is 27.5 Å². The highest BCUT2D eigenvalue weighted by Gasteiger charge is 2.34. The van der Waals surface area contributed by atoms with Crippen LogP contribution in [0.3, 0.4) is 0 Å². The summed E-state index contributed by atoms with van der Waals surface area (Å²) in [5, 5.41) is 13.1. The molecule has 0 spiro atoms. The Morgan fingerprint density at radius 2 is 1.92 bits per heavy atom. The van der Waals surface area contributed by atoms with E-state index in [0.29, 0.717) is 0 Å². The van der Waals surface area contributed by atoms with E-state index in [0.717, 1.165) is 10.6 Å². The van der Waals surface area contributed by atoms with Crippen LogP contribution in [0.1, 0.15) is 20.7 Å². The van der Waals surface area contributed by atoms with E-state index in [1.54, 1.807) is 0 Å². The van der Waals surface area contributed by atoms with Crippen LogP contribution in [0.15, 0.2) is 27.5 Å². The normalized spacial score (nSPS) is 12.9. The standard InChI is InChI=1S/C13H6BrClN4O5/c14-5-1-2-6(15)10(19(23)24)9(5)18-7(20)3-4-8(11(18)16)13(22)17-12(4)21/h1-3H,16H2,(H,17,21,22). The number of fused-ring (bicyclic) bond motifs is 1. The van der Waals surface area contributed by atoms with Gasteiger partial charge in [-0.25, -0.2) is 0 Å². The van der Waals surface area contributed by atoms with Gasteiger partial charge in [0, 0.05) is 10.5 Å². The van der Waals surface area contributed by atoms with Crippen molar-refractivity contribution in [1.29, 1.82) is 0 Å². The van der Waals surface area contributed by atoms with Gasteiger partial charge < -0.3 is 5.73 Å². The molecule has 122 valence electrons. The Morgan fingerprint density at radius 1 is 1.25 bits per heavy atom. The lowest BCUT2D eigenvalue weighted by molar-refractivity contribution is -0.384. The number of amides is 2. The van der Waals surface area contributed by atoms with E-state index in [2.05, 4.69) is 15.9 Å². The van der Waals surface area contributed by atoms with Gasteiger partial charge in [-0.1, -0.05) is 11.6 Å². The molecule has 11 heteroatoms. The number of carbonyl (C=O) groups is 2. The molecule has 3 rings (SSSR count). The lowest BCUT2D eigenvalue weighted by Gasteiger charge is -2.14. The summed E-state index contributed by atoms with van der Waals surface area (Å²) < 4.78 is 0.933. The van der Waals surface area contributed by atoms with Crippen LogP contribution in [-0.2, 0) is 0 Å². The van der Waals surface area contributed by atoms with Gasteiger partial charge in [-0.05, 0) is 28.1 Å². The zero-order chi connectivity index (χ0) is 17.8. The lowest BCUT2D eigenvalue weighted by Crippen LogP contribution is -2.25. The minimum atomic E-state index is -0.817. The number of benzene rings is 1. The van der Waals surface area contributed by atoms with Crippen molar-refractivity contribution in [3.63, 3.8) is 0 Å². The number of halogens is 2. The topological polar surface area (TPSA) is 137 Å². The molecule has 0 aliphatic carbocycles. The molecule has 0 radical (unpaired) electrons. The van der Waals surface area contributed by atoms with Crippen molar-refractivity contribution in [3.8, 4) is 5.69 Å². The smallest absolute Gasteiger partial charge is 0.312 e. The quantitative estimate of drug-likeness (QED) is 0.436. The molecule has 0 saturated carbocycles. The number of nitro groups is 1. The number of carbonyl (C=O) groups excluding carboxylic acids is 2. The van der Waals surface area contributed by atoms with Crippen molar-refractivity contribution in [1.82, 2.24) is 9.88 Å². The molecule has 3 N–H and O–H groups in total. The first-order valence-electron chi connectivity index (χ1n) is 6.28. The molecule has 1 aromatic carbocycles. The van der Waals surface area contributed by atoms with Gasteiger partial charge in [0.05, 0.1) is 16.1 Å². The minimum absolute atomic E-state index is 0.164. The number of aromatic nitrogens is 1. The van der Waals surface area contributed by atoms with Crippen LogP contribution in [0.25, 0.3) is 5.69 Å². The third-order valence-corrected chi connectivity index (χ3v) is 4.36. The molecular formula is C13H6BrClN4O5. The van der Waals surface area contributed by atoms with Gasteiger partial charge in [-0.2, -0.15) is 0 Å². The van der Waals surface area contributed by atoms with Crippen molar-refractivity contribution < 1.29 is 14.5 Å². The highest BCUT2D eigenvalue weighted by atomic mass is 79.9. The maximum Gasteiger partial charge on any atom is 0.312 e. The second-order valence-corrected chi connectivity index (χ2v) is 6.02. The molecule has 2 amide bonds. The Labute approximate surface area is 146 Å². The molecular weight excluding hydrogens is 408 g/mol. The predicted octanol–water partition coefficient (Wildman–Crippen LogP) is 1.63. The fourth-order valence-corrected chi connectivity index (χ4v) is 3.15. The van der Waals surface area contributed by atoms with Crippen molar-refractivity contribution in [2.24, 2.45) is 0 Å². The summed E-state index contributed by atoms with van der Waals surface area (Å²) >= 11 is 8.98. The van der Waals surface area contributed by atoms with Crippen LogP contribution < -0.4 is 16.6 Å². The molecule has 0 saturated heterocycles. The van der Waals surface area contributed by atoms with E-state index in [9.17, 15) is 24.5 Å². The molecule has 1 aromatic heterocycles. The zero-order valence-corrected chi connectivity index (χ0v) is 13.8. The van der Waals surface area contributed by atoms with E-state index in [4.69, 9.17) is 17.3 Å². The van der Waals surface area contributed by atoms with Crippen LogP contribution in [-0.4, -0.2) is 21.3 Å². The summed E-state index contributed by atoms with van der Waals surface area (Å²) in [4.78, 5) is 46.5. The molecule has 1 aliphatic rings. The second kappa shape index (κ2) is 5.42. The first-order chi connectivity index (χ1) is 11.2. The fourth-order valence-electron chi connectivity index (χ4n) is 2.43. The van der Waals surface area contributed by atoms with Gasteiger partial charge >= 0.3 is 5.69 Å². The zero-order valence-electron chi connectivity index (χ0n) is 11.5. The maximum atomic E-state index is 12.4. The highest BCUT2D eigenvalue weighted by molar-refractivity contribution is 9.10. The number of nitrogens with two attached hydrogens (primary N) is 1. The number of rotatable bonds is 2. The number of hydrogen-bond acceptors (Lipinski definition) is 6. The van der Waals surface area contributed by atoms with Crippen LogP contribution in [0.4, 0.5) is 11.5 Å². The van der Waals surface area contributed by atoms with Gasteiger partial charge in [-0.15, -0.1) is 0 Å². The monoisotopic (exact) mass is 412 g/mol. The largest absolute Gasteiger partial charge is 0.384 e. The molecule has 1 aliphatic heterocycles.